The maximum atomic E-state index is 3.70. The quantitative estimate of drug-likeness (QED) is 0.793. The van der Waals surface area contributed by atoms with E-state index in [4.69, 9.17) is 0 Å². The number of rotatable bonds is 5. The van der Waals surface area contributed by atoms with Gasteiger partial charge in [-0.2, -0.15) is 0 Å². The van der Waals surface area contributed by atoms with E-state index in [1.807, 2.05) is 0 Å². The Morgan fingerprint density at radius 1 is 1.20 bits per heavy atom. The second-order valence-corrected chi connectivity index (χ2v) is 7.65. The molecule has 0 amide bonds. The van der Waals surface area contributed by atoms with Gasteiger partial charge < -0.3 is 5.32 Å². The van der Waals surface area contributed by atoms with Crippen molar-refractivity contribution in [1.29, 1.82) is 0 Å². The maximum absolute atomic E-state index is 3.70. The monoisotopic (exact) mass is 337 g/mol. The SMILES string of the molecule is CC1CCC(CNC(C)C)C(Cc2ccccc2Br)C1. The third kappa shape index (κ3) is 4.60. The van der Waals surface area contributed by atoms with E-state index in [-0.39, 0.29) is 0 Å². The number of nitrogens with one attached hydrogen (secondary N) is 1. The van der Waals surface area contributed by atoms with Crippen LogP contribution in [0.2, 0.25) is 0 Å². The highest BCUT2D eigenvalue weighted by atomic mass is 79.9. The van der Waals surface area contributed by atoms with E-state index < -0.39 is 0 Å². The highest BCUT2D eigenvalue weighted by Gasteiger charge is 2.28. The van der Waals surface area contributed by atoms with Crippen LogP contribution in [0.5, 0.6) is 0 Å². The zero-order chi connectivity index (χ0) is 14.5. The van der Waals surface area contributed by atoms with Crippen molar-refractivity contribution in [3.8, 4) is 0 Å². The van der Waals surface area contributed by atoms with Gasteiger partial charge in [-0.05, 0) is 55.2 Å². The summed E-state index contributed by atoms with van der Waals surface area (Å²) in [5, 5.41) is 3.65. The van der Waals surface area contributed by atoms with Gasteiger partial charge in [0.2, 0.25) is 0 Å². The van der Waals surface area contributed by atoms with Crippen LogP contribution >= 0.6 is 15.9 Å². The first-order valence-electron chi connectivity index (χ1n) is 8.03. The van der Waals surface area contributed by atoms with E-state index in [1.165, 1.54) is 42.3 Å². The number of hydrogen-bond donors (Lipinski definition) is 1. The van der Waals surface area contributed by atoms with Gasteiger partial charge in [-0.3, -0.25) is 0 Å². The molecule has 2 rings (SSSR count). The number of hydrogen-bond acceptors (Lipinski definition) is 1. The molecule has 1 saturated carbocycles. The summed E-state index contributed by atoms with van der Waals surface area (Å²) >= 11 is 3.70. The van der Waals surface area contributed by atoms with Crippen LogP contribution in [0.1, 0.15) is 45.6 Å². The summed E-state index contributed by atoms with van der Waals surface area (Å²) in [6, 6.07) is 9.31. The third-order valence-corrected chi connectivity index (χ3v) is 5.40. The molecule has 3 unspecified atom stereocenters. The van der Waals surface area contributed by atoms with Gasteiger partial charge in [0.25, 0.3) is 0 Å². The van der Waals surface area contributed by atoms with E-state index in [0.29, 0.717) is 6.04 Å². The van der Waals surface area contributed by atoms with Crippen molar-refractivity contribution in [2.45, 2.75) is 52.5 Å². The molecule has 0 aliphatic heterocycles. The molecule has 0 heterocycles. The molecular weight excluding hydrogens is 310 g/mol. The van der Waals surface area contributed by atoms with Crippen molar-refractivity contribution in [2.24, 2.45) is 17.8 Å². The van der Waals surface area contributed by atoms with E-state index in [0.717, 1.165) is 17.8 Å². The Kier molecular flexibility index (Phi) is 6.10. The average Bonchev–Trinajstić information content (AvgIpc) is 2.40. The standard InChI is InChI=1S/C18H28BrN/c1-13(2)20-12-16-9-8-14(3)10-17(16)11-15-6-4-5-7-18(15)19/h4-7,13-14,16-17,20H,8-12H2,1-3H3. The summed E-state index contributed by atoms with van der Waals surface area (Å²) in [6.07, 6.45) is 5.38. The minimum absolute atomic E-state index is 0.596. The smallest absolute Gasteiger partial charge is 0.0207 e. The van der Waals surface area contributed by atoms with E-state index in [2.05, 4.69) is 66.3 Å². The van der Waals surface area contributed by atoms with Crippen molar-refractivity contribution in [1.82, 2.24) is 5.32 Å². The lowest BCUT2D eigenvalue weighted by Gasteiger charge is -2.36. The Balaban J connectivity index is 2.02. The van der Waals surface area contributed by atoms with E-state index in [1.54, 1.807) is 0 Å². The molecule has 2 heteroatoms. The summed E-state index contributed by atoms with van der Waals surface area (Å²) in [6.45, 7) is 8.08. The van der Waals surface area contributed by atoms with Crippen molar-refractivity contribution in [3.63, 3.8) is 0 Å². The van der Waals surface area contributed by atoms with Crippen LogP contribution in [-0.4, -0.2) is 12.6 Å². The van der Waals surface area contributed by atoms with Crippen LogP contribution in [0.4, 0.5) is 0 Å². The van der Waals surface area contributed by atoms with Gasteiger partial charge in [0.15, 0.2) is 0 Å². The summed E-state index contributed by atoms with van der Waals surface area (Å²) in [4.78, 5) is 0. The van der Waals surface area contributed by atoms with Crippen LogP contribution in [0.25, 0.3) is 0 Å². The average molecular weight is 338 g/mol. The highest BCUT2D eigenvalue weighted by molar-refractivity contribution is 9.10. The topological polar surface area (TPSA) is 12.0 Å². The molecule has 0 spiro atoms. The van der Waals surface area contributed by atoms with Crippen molar-refractivity contribution >= 4 is 15.9 Å². The molecule has 1 fully saturated rings. The summed E-state index contributed by atoms with van der Waals surface area (Å²) in [7, 11) is 0. The van der Waals surface area contributed by atoms with Crippen LogP contribution < -0.4 is 5.32 Å². The molecule has 20 heavy (non-hydrogen) atoms. The molecule has 1 aromatic carbocycles. The van der Waals surface area contributed by atoms with Crippen LogP contribution in [0.3, 0.4) is 0 Å². The summed E-state index contributed by atoms with van der Waals surface area (Å²) < 4.78 is 1.27. The third-order valence-electron chi connectivity index (χ3n) is 4.63. The number of halogens is 1. The minimum atomic E-state index is 0.596. The van der Waals surface area contributed by atoms with Gasteiger partial charge in [-0.1, -0.05) is 61.3 Å². The molecule has 1 aromatic rings. The van der Waals surface area contributed by atoms with Gasteiger partial charge >= 0.3 is 0 Å². The fourth-order valence-electron chi connectivity index (χ4n) is 3.41. The Bertz CT molecular complexity index is 416. The zero-order valence-electron chi connectivity index (χ0n) is 13.0. The molecule has 1 aliphatic carbocycles. The molecule has 112 valence electrons. The highest BCUT2D eigenvalue weighted by Crippen LogP contribution is 2.36. The van der Waals surface area contributed by atoms with Gasteiger partial charge in [0.1, 0.15) is 0 Å². The predicted octanol–water partition coefficient (Wildman–Crippen LogP) is 5.04. The minimum Gasteiger partial charge on any atom is -0.314 e. The van der Waals surface area contributed by atoms with Gasteiger partial charge in [0, 0.05) is 10.5 Å². The molecule has 0 aromatic heterocycles. The predicted molar refractivity (Wildman–Crippen MR) is 91.0 cm³/mol. The van der Waals surface area contributed by atoms with Gasteiger partial charge in [-0.15, -0.1) is 0 Å². The fraction of sp³-hybridized carbons (Fsp3) is 0.667. The summed E-state index contributed by atoms with van der Waals surface area (Å²) in [5.74, 6) is 2.54. The van der Waals surface area contributed by atoms with Crippen LogP contribution in [0, 0.1) is 17.8 Å². The zero-order valence-corrected chi connectivity index (χ0v) is 14.6. The first kappa shape index (κ1) is 16.0. The first-order valence-corrected chi connectivity index (χ1v) is 8.82. The largest absolute Gasteiger partial charge is 0.314 e. The lowest BCUT2D eigenvalue weighted by atomic mass is 9.72. The molecule has 0 radical (unpaired) electrons. The Labute approximate surface area is 132 Å². The van der Waals surface area contributed by atoms with E-state index in [9.17, 15) is 0 Å². The second-order valence-electron chi connectivity index (χ2n) is 6.80. The van der Waals surface area contributed by atoms with E-state index >= 15 is 0 Å². The van der Waals surface area contributed by atoms with Crippen molar-refractivity contribution in [2.75, 3.05) is 6.54 Å². The summed E-state index contributed by atoms with van der Waals surface area (Å²) in [5.41, 5.74) is 1.47. The van der Waals surface area contributed by atoms with Crippen molar-refractivity contribution < 1.29 is 0 Å². The van der Waals surface area contributed by atoms with Crippen LogP contribution in [-0.2, 0) is 6.42 Å². The first-order chi connectivity index (χ1) is 9.56. The van der Waals surface area contributed by atoms with Gasteiger partial charge in [0.05, 0.1) is 0 Å². The van der Waals surface area contributed by atoms with Gasteiger partial charge in [-0.25, -0.2) is 0 Å². The molecule has 3 atom stereocenters. The molecule has 1 nitrogen and oxygen atoms in total. The lowest BCUT2D eigenvalue weighted by molar-refractivity contribution is 0.181. The molecule has 1 N–H and O–H groups in total. The van der Waals surface area contributed by atoms with Crippen molar-refractivity contribution in [3.05, 3.63) is 34.3 Å². The molecule has 1 aliphatic rings. The Morgan fingerprint density at radius 3 is 2.65 bits per heavy atom. The Hall–Kier alpha value is -0.340. The Morgan fingerprint density at radius 2 is 1.95 bits per heavy atom. The van der Waals surface area contributed by atoms with Crippen LogP contribution in [0.15, 0.2) is 28.7 Å². The number of benzene rings is 1. The fourth-order valence-corrected chi connectivity index (χ4v) is 3.86. The molecule has 0 bridgehead atoms. The lowest BCUT2D eigenvalue weighted by Crippen LogP contribution is -2.36. The molecule has 0 saturated heterocycles. The normalized spacial score (nSPS) is 26.9. The second kappa shape index (κ2) is 7.61. The maximum Gasteiger partial charge on any atom is 0.0207 e. The molecular formula is C18H28BrN.